The van der Waals surface area contributed by atoms with Crippen molar-refractivity contribution in [2.75, 3.05) is 6.54 Å². The molecule has 1 fully saturated rings. The summed E-state index contributed by atoms with van der Waals surface area (Å²) in [7, 11) is 0. The van der Waals surface area contributed by atoms with Crippen LogP contribution in [0.4, 0.5) is 0 Å². The summed E-state index contributed by atoms with van der Waals surface area (Å²) in [5.41, 5.74) is 0.470. The van der Waals surface area contributed by atoms with Crippen LogP contribution in [0.15, 0.2) is 4.99 Å². The topological polar surface area (TPSA) is 29.4 Å². The Hall–Kier alpha value is -0.660. The summed E-state index contributed by atoms with van der Waals surface area (Å²) in [5, 5.41) is 0. The Labute approximate surface area is 86.8 Å². The lowest BCUT2D eigenvalue weighted by Crippen LogP contribution is -2.61. The molecule has 0 atom stereocenters. The lowest BCUT2D eigenvalue weighted by Gasteiger charge is -2.48. The minimum atomic E-state index is -0.308. The number of Topliss-reactive ketones (excluding diaryl/α,β-unsaturated/α-hetero) is 1. The van der Waals surface area contributed by atoms with Crippen LogP contribution >= 0.6 is 0 Å². The summed E-state index contributed by atoms with van der Waals surface area (Å²) in [6, 6.07) is 0. The summed E-state index contributed by atoms with van der Waals surface area (Å²) in [6.07, 6.45) is 2.27. The van der Waals surface area contributed by atoms with Crippen LogP contribution in [0.25, 0.3) is 0 Å². The maximum absolute atomic E-state index is 11.8. The Kier molecular flexibility index (Phi) is 2.84. The Bertz CT molecular complexity index is 254. The highest BCUT2D eigenvalue weighted by atomic mass is 16.1. The number of hydrogen-bond acceptors (Lipinski definition) is 2. The van der Waals surface area contributed by atoms with Gasteiger partial charge in [-0.25, -0.2) is 0 Å². The summed E-state index contributed by atoms with van der Waals surface area (Å²) in [4.78, 5) is 16.3. The quantitative estimate of drug-likeness (QED) is 0.637. The molecule has 0 heterocycles. The van der Waals surface area contributed by atoms with Gasteiger partial charge in [0.1, 0.15) is 0 Å². The number of nitrogens with zero attached hydrogens (tertiary/aromatic N) is 1. The first-order chi connectivity index (χ1) is 6.35. The van der Waals surface area contributed by atoms with Crippen LogP contribution in [0.3, 0.4) is 0 Å². The first kappa shape index (κ1) is 11.4. The third-order valence-electron chi connectivity index (χ3n) is 3.10. The van der Waals surface area contributed by atoms with Gasteiger partial charge in [-0.1, -0.05) is 13.3 Å². The first-order valence-electron chi connectivity index (χ1n) is 5.45. The van der Waals surface area contributed by atoms with Crippen molar-refractivity contribution in [1.29, 1.82) is 0 Å². The van der Waals surface area contributed by atoms with Crippen molar-refractivity contribution in [2.24, 2.45) is 15.8 Å². The number of aliphatic imine (C=N–C) groups is 1. The number of carbonyl (C=O) groups excluding carboxylic acids is 1. The SMILES string of the molecule is CCCCN=C1C(C)(C)C(=O)C1(C)C. The van der Waals surface area contributed by atoms with E-state index in [0.29, 0.717) is 5.78 Å². The van der Waals surface area contributed by atoms with Gasteiger partial charge in [0.05, 0.1) is 10.8 Å². The summed E-state index contributed by atoms with van der Waals surface area (Å²) < 4.78 is 0. The summed E-state index contributed by atoms with van der Waals surface area (Å²) in [5.74, 6) is 0.320. The fraction of sp³-hybridized carbons (Fsp3) is 0.833. The van der Waals surface area contributed by atoms with E-state index < -0.39 is 0 Å². The summed E-state index contributed by atoms with van der Waals surface area (Å²) >= 11 is 0. The molecule has 0 aromatic heterocycles. The van der Waals surface area contributed by atoms with E-state index in [9.17, 15) is 4.79 Å². The molecule has 80 valence electrons. The van der Waals surface area contributed by atoms with E-state index in [1.807, 2.05) is 27.7 Å². The number of rotatable bonds is 3. The van der Waals surface area contributed by atoms with Gasteiger partial charge in [-0.3, -0.25) is 9.79 Å². The fourth-order valence-corrected chi connectivity index (χ4v) is 2.46. The molecule has 1 aliphatic rings. The minimum Gasteiger partial charge on any atom is -0.298 e. The maximum Gasteiger partial charge on any atom is 0.155 e. The van der Waals surface area contributed by atoms with Gasteiger partial charge in [0.25, 0.3) is 0 Å². The molecule has 2 heteroatoms. The van der Waals surface area contributed by atoms with Gasteiger partial charge in [-0.15, -0.1) is 0 Å². The van der Waals surface area contributed by atoms with Crippen LogP contribution in [0, 0.1) is 10.8 Å². The number of ketones is 1. The normalized spacial score (nSPS) is 23.2. The molecule has 1 aliphatic carbocycles. The van der Waals surface area contributed by atoms with Crippen LogP contribution in [-0.4, -0.2) is 18.0 Å². The van der Waals surface area contributed by atoms with Gasteiger partial charge < -0.3 is 0 Å². The molecule has 0 saturated heterocycles. The number of unbranched alkanes of at least 4 members (excludes halogenated alkanes) is 1. The van der Waals surface area contributed by atoms with Crippen LogP contribution in [0.1, 0.15) is 47.5 Å². The molecule has 0 aliphatic heterocycles. The van der Waals surface area contributed by atoms with E-state index in [2.05, 4.69) is 11.9 Å². The maximum atomic E-state index is 11.8. The standard InChI is InChI=1S/C12H21NO/c1-6-7-8-13-9-11(2,3)10(14)12(9,4)5/h6-8H2,1-5H3. The van der Waals surface area contributed by atoms with Crippen molar-refractivity contribution in [1.82, 2.24) is 0 Å². The first-order valence-corrected chi connectivity index (χ1v) is 5.45. The van der Waals surface area contributed by atoms with Crippen molar-refractivity contribution in [2.45, 2.75) is 47.5 Å². The van der Waals surface area contributed by atoms with Crippen LogP contribution in [0.2, 0.25) is 0 Å². The highest BCUT2D eigenvalue weighted by Gasteiger charge is 2.58. The van der Waals surface area contributed by atoms with Gasteiger partial charge in [0.2, 0.25) is 0 Å². The zero-order valence-corrected chi connectivity index (χ0v) is 9.98. The van der Waals surface area contributed by atoms with Crippen molar-refractivity contribution in [3.8, 4) is 0 Å². The Morgan fingerprint density at radius 1 is 1.14 bits per heavy atom. The lowest BCUT2D eigenvalue weighted by molar-refractivity contribution is -0.134. The minimum absolute atomic E-state index is 0.308. The highest BCUT2D eigenvalue weighted by molar-refractivity contribution is 6.31. The molecule has 1 rings (SSSR count). The zero-order chi connectivity index (χ0) is 11.0. The lowest BCUT2D eigenvalue weighted by atomic mass is 9.53. The van der Waals surface area contributed by atoms with Crippen molar-refractivity contribution in [3.05, 3.63) is 0 Å². The molecule has 0 spiro atoms. The van der Waals surface area contributed by atoms with Crippen molar-refractivity contribution >= 4 is 11.5 Å². The average molecular weight is 195 g/mol. The molecule has 0 N–H and O–H groups in total. The van der Waals surface area contributed by atoms with Crippen LogP contribution in [-0.2, 0) is 4.79 Å². The molecule has 1 saturated carbocycles. The third-order valence-corrected chi connectivity index (χ3v) is 3.10. The second-order valence-electron chi connectivity index (χ2n) is 5.16. The molecule has 0 radical (unpaired) electrons. The Morgan fingerprint density at radius 2 is 1.64 bits per heavy atom. The Balaban J connectivity index is 2.78. The van der Waals surface area contributed by atoms with Gasteiger partial charge in [0.15, 0.2) is 5.78 Å². The largest absolute Gasteiger partial charge is 0.298 e. The predicted octanol–water partition coefficient (Wildman–Crippen LogP) is 2.86. The molecular weight excluding hydrogens is 174 g/mol. The molecule has 0 amide bonds. The second-order valence-corrected chi connectivity index (χ2v) is 5.16. The van der Waals surface area contributed by atoms with E-state index in [1.54, 1.807) is 0 Å². The van der Waals surface area contributed by atoms with Crippen LogP contribution in [0.5, 0.6) is 0 Å². The van der Waals surface area contributed by atoms with Crippen LogP contribution < -0.4 is 0 Å². The van der Waals surface area contributed by atoms with E-state index in [-0.39, 0.29) is 10.8 Å². The number of carbonyl (C=O) groups is 1. The molecule has 0 bridgehead atoms. The highest BCUT2D eigenvalue weighted by Crippen LogP contribution is 2.47. The average Bonchev–Trinajstić information content (AvgIpc) is 2.10. The van der Waals surface area contributed by atoms with E-state index in [0.717, 1.165) is 25.1 Å². The zero-order valence-electron chi connectivity index (χ0n) is 9.98. The van der Waals surface area contributed by atoms with Gasteiger partial charge in [0, 0.05) is 12.3 Å². The van der Waals surface area contributed by atoms with Gasteiger partial charge in [-0.05, 0) is 34.1 Å². The Morgan fingerprint density at radius 3 is 2.07 bits per heavy atom. The molecule has 2 nitrogen and oxygen atoms in total. The van der Waals surface area contributed by atoms with E-state index in [4.69, 9.17) is 0 Å². The molecular formula is C12H21NO. The molecule has 14 heavy (non-hydrogen) atoms. The predicted molar refractivity (Wildman–Crippen MR) is 59.8 cm³/mol. The second kappa shape index (κ2) is 3.48. The number of hydrogen-bond donors (Lipinski definition) is 0. The molecule has 0 unspecified atom stereocenters. The van der Waals surface area contributed by atoms with Crippen molar-refractivity contribution < 1.29 is 4.79 Å². The van der Waals surface area contributed by atoms with Gasteiger partial charge in [-0.2, -0.15) is 0 Å². The fourth-order valence-electron chi connectivity index (χ4n) is 2.46. The third kappa shape index (κ3) is 1.51. The molecule has 0 aromatic rings. The van der Waals surface area contributed by atoms with Gasteiger partial charge >= 0.3 is 0 Å². The van der Waals surface area contributed by atoms with E-state index >= 15 is 0 Å². The summed E-state index contributed by atoms with van der Waals surface area (Å²) in [6.45, 7) is 10.9. The van der Waals surface area contributed by atoms with E-state index in [1.165, 1.54) is 0 Å². The monoisotopic (exact) mass is 195 g/mol. The smallest absolute Gasteiger partial charge is 0.155 e. The molecule has 0 aromatic carbocycles. The van der Waals surface area contributed by atoms with Crippen molar-refractivity contribution in [3.63, 3.8) is 0 Å².